The molecule has 0 aliphatic carbocycles. The SMILES string of the molecule is c1ccc(CCc2ccnc(CCc3ccccc3)c2CCc2ccccc2)cc1. The maximum Gasteiger partial charge on any atom is 0.0441 e. The lowest BCUT2D eigenvalue weighted by atomic mass is 9.93. The van der Waals surface area contributed by atoms with Crippen LogP contribution >= 0.6 is 0 Å². The van der Waals surface area contributed by atoms with Crippen LogP contribution in [-0.4, -0.2) is 4.98 Å². The first kappa shape index (κ1) is 20.1. The molecule has 0 spiro atoms. The average Bonchev–Trinajstić information content (AvgIpc) is 2.82. The monoisotopic (exact) mass is 391 g/mol. The first-order chi connectivity index (χ1) is 14.9. The third-order valence-electron chi connectivity index (χ3n) is 5.77. The van der Waals surface area contributed by atoms with E-state index in [1.807, 2.05) is 6.20 Å². The van der Waals surface area contributed by atoms with Crippen LogP contribution in [0.5, 0.6) is 0 Å². The summed E-state index contributed by atoms with van der Waals surface area (Å²) >= 11 is 0. The molecule has 1 heteroatoms. The summed E-state index contributed by atoms with van der Waals surface area (Å²) in [5, 5.41) is 0. The van der Waals surface area contributed by atoms with E-state index in [0.29, 0.717) is 0 Å². The molecular formula is C29H29N. The predicted molar refractivity (Wildman–Crippen MR) is 126 cm³/mol. The molecule has 0 amide bonds. The van der Waals surface area contributed by atoms with Crippen LogP contribution in [0.1, 0.15) is 33.5 Å². The molecular weight excluding hydrogens is 362 g/mol. The molecule has 0 bridgehead atoms. The van der Waals surface area contributed by atoms with Crippen molar-refractivity contribution in [2.45, 2.75) is 38.5 Å². The summed E-state index contributed by atoms with van der Waals surface area (Å²) in [6, 6.07) is 34.6. The summed E-state index contributed by atoms with van der Waals surface area (Å²) in [4.78, 5) is 4.82. The molecule has 150 valence electrons. The van der Waals surface area contributed by atoms with E-state index in [1.165, 1.54) is 33.5 Å². The highest BCUT2D eigenvalue weighted by molar-refractivity contribution is 5.33. The normalized spacial score (nSPS) is 10.8. The van der Waals surface area contributed by atoms with Crippen molar-refractivity contribution in [3.8, 4) is 0 Å². The van der Waals surface area contributed by atoms with Crippen LogP contribution < -0.4 is 0 Å². The van der Waals surface area contributed by atoms with Crippen molar-refractivity contribution in [3.63, 3.8) is 0 Å². The number of benzene rings is 3. The highest BCUT2D eigenvalue weighted by Gasteiger charge is 2.11. The molecule has 0 N–H and O–H groups in total. The van der Waals surface area contributed by atoms with E-state index in [9.17, 15) is 0 Å². The number of hydrogen-bond donors (Lipinski definition) is 0. The molecule has 0 saturated heterocycles. The Morgan fingerprint density at radius 1 is 0.433 bits per heavy atom. The fourth-order valence-corrected chi connectivity index (χ4v) is 4.08. The molecule has 1 nitrogen and oxygen atoms in total. The molecule has 4 aromatic rings. The van der Waals surface area contributed by atoms with Crippen molar-refractivity contribution in [1.82, 2.24) is 4.98 Å². The summed E-state index contributed by atoms with van der Waals surface area (Å²) in [6.07, 6.45) is 8.28. The Bertz CT molecular complexity index is 962. The van der Waals surface area contributed by atoms with Gasteiger partial charge in [-0.05, 0) is 72.4 Å². The minimum atomic E-state index is 0.993. The second-order valence-electron chi connectivity index (χ2n) is 7.85. The number of nitrogens with zero attached hydrogens (tertiary/aromatic N) is 1. The van der Waals surface area contributed by atoms with Gasteiger partial charge in [-0.2, -0.15) is 0 Å². The van der Waals surface area contributed by atoms with Crippen LogP contribution in [-0.2, 0) is 38.5 Å². The van der Waals surface area contributed by atoms with Gasteiger partial charge in [0.25, 0.3) is 0 Å². The van der Waals surface area contributed by atoms with Crippen molar-refractivity contribution >= 4 is 0 Å². The van der Waals surface area contributed by atoms with Crippen molar-refractivity contribution < 1.29 is 0 Å². The molecule has 0 unspecified atom stereocenters. The van der Waals surface area contributed by atoms with Crippen LogP contribution in [0.3, 0.4) is 0 Å². The fraction of sp³-hybridized carbons (Fsp3) is 0.207. The van der Waals surface area contributed by atoms with E-state index in [-0.39, 0.29) is 0 Å². The van der Waals surface area contributed by atoms with E-state index in [0.717, 1.165) is 38.5 Å². The number of pyridine rings is 1. The zero-order chi connectivity index (χ0) is 20.4. The van der Waals surface area contributed by atoms with E-state index in [4.69, 9.17) is 4.98 Å². The molecule has 0 atom stereocenters. The molecule has 30 heavy (non-hydrogen) atoms. The Kier molecular flexibility index (Phi) is 7.07. The van der Waals surface area contributed by atoms with Gasteiger partial charge in [0.05, 0.1) is 0 Å². The first-order valence-corrected chi connectivity index (χ1v) is 11.0. The molecule has 4 rings (SSSR count). The van der Waals surface area contributed by atoms with Gasteiger partial charge in [-0.15, -0.1) is 0 Å². The highest BCUT2D eigenvalue weighted by atomic mass is 14.7. The van der Waals surface area contributed by atoms with Gasteiger partial charge in [-0.25, -0.2) is 0 Å². The number of aromatic nitrogens is 1. The molecule has 1 heterocycles. The zero-order valence-corrected chi connectivity index (χ0v) is 17.5. The molecule has 0 aliphatic heterocycles. The van der Waals surface area contributed by atoms with Gasteiger partial charge in [-0.1, -0.05) is 91.0 Å². The Balaban J connectivity index is 1.54. The second kappa shape index (κ2) is 10.5. The summed E-state index contributed by atoms with van der Waals surface area (Å²) in [6.45, 7) is 0. The van der Waals surface area contributed by atoms with Crippen LogP contribution in [0.25, 0.3) is 0 Å². The van der Waals surface area contributed by atoms with Crippen molar-refractivity contribution in [3.05, 3.63) is 137 Å². The molecule has 0 radical (unpaired) electrons. The zero-order valence-electron chi connectivity index (χ0n) is 17.5. The largest absolute Gasteiger partial charge is 0.261 e. The van der Waals surface area contributed by atoms with E-state index >= 15 is 0 Å². The Hall–Kier alpha value is -3.19. The molecule has 3 aromatic carbocycles. The Labute approximate surface area is 180 Å². The van der Waals surface area contributed by atoms with Gasteiger partial charge >= 0.3 is 0 Å². The summed E-state index contributed by atoms with van der Waals surface area (Å²) in [7, 11) is 0. The van der Waals surface area contributed by atoms with Crippen LogP contribution in [0.4, 0.5) is 0 Å². The number of hydrogen-bond acceptors (Lipinski definition) is 1. The van der Waals surface area contributed by atoms with Crippen LogP contribution in [0, 0.1) is 0 Å². The third-order valence-corrected chi connectivity index (χ3v) is 5.77. The van der Waals surface area contributed by atoms with Crippen molar-refractivity contribution in [1.29, 1.82) is 0 Å². The summed E-state index contributed by atoms with van der Waals surface area (Å²) in [5.74, 6) is 0. The lowest BCUT2D eigenvalue weighted by Crippen LogP contribution is -2.07. The van der Waals surface area contributed by atoms with E-state index < -0.39 is 0 Å². The van der Waals surface area contributed by atoms with Crippen molar-refractivity contribution in [2.75, 3.05) is 0 Å². The minimum Gasteiger partial charge on any atom is -0.261 e. The lowest BCUT2D eigenvalue weighted by Gasteiger charge is -2.15. The Morgan fingerprint density at radius 3 is 1.43 bits per heavy atom. The van der Waals surface area contributed by atoms with Gasteiger partial charge in [0.15, 0.2) is 0 Å². The molecule has 0 fully saturated rings. The summed E-state index contributed by atoms with van der Waals surface area (Å²) < 4.78 is 0. The van der Waals surface area contributed by atoms with Gasteiger partial charge in [0, 0.05) is 11.9 Å². The molecule has 1 aromatic heterocycles. The first-order valence-electron chi connectivity index (χ1n) is 11.0. The lowest BCUT2D eigenvalue weighted by molar-refractivity contribution is 0.825. The van der Waals surface area contributed by atoms with Crippen LogP contribution in [0.15, 0.2) is 103 Å². The number of rotatable bonds is 9. The Morgan fingerprint density at radius 2 is 0.900 bits per heavy atom. The van der Waals surface area contributed by atoms with Gasteiger partial charge < -0.3 is 0 Å². The predicted octanol–water partition coefficient (Wildman–Crippen LogP) is 6.44. The maximum atomic E-state index is 4.82. The topological polar surface area (TPSA) is 12.9 Å². The third kappa shape index (κ3) is 5.67. The van der Waals surface area contributed by atoms with E-state index in [1.54, 1.807) is 0 Å². The highest BCUT2D eigenvalue weighted by Crippen LogP contribution is 2.20. The quantitative estimate of drug-likeness (QED) is 0.320. The molecule has 0 saturated carbocycles. The number of aryl methyl sites for hydroxylation is 5. The van der Waals surface area contributed by atoms with Gasteiger partial charge in [0.2, 0.25) is 0 Å². The average molecular weight is 392 g/mol. The maximum absolute atomic E-state index is 4.82. The van der Waals surface area contributed by atoms with E-state index in [2.05, 4.69) is 97.1 Å². The smallest absolute Gasteiger partial charge is 0.0441 e. The summed E-state index contributed by atoms with van der Waals surface area (Å²) in [5.41, 5.74) is 8.34. The van der Waals surface area contributed by atoms with Crippen LogP contribution in [0.2, 0.25) is 0 Å². The fourth-order valence-electron chi connectivity index (χ4n) is 4.08. The second-order valence-corrected chi connectivity index (χ2v) is 7.85. The van der Waals surface area contributed by atoms with Crippen molar-refractivity contribution in [2.24, 2.45) is 0 Å². The van der Waals surface area contributed by atoms with Gasteiger partial charge in [-0.3, -0.25) is 4.98 Å². The van der Waals surface area contributed by atoms with Gasteiger partial charge in [0.1, 0.15) is 0 Å². The molecule has 0 aliphatic rings. The standard InChI is InChI=1S/C29H29N/c1-4-10-24(11-5-1)16-19-27-22-23-30-29(21-18-26-14-8-3-9-15-26)28(27)20-17-25-12-6-2-7-13-25/h1-15,22-23H,16-21H2. The minimum absolute atomic E-state index is 0.993.